The summed E-state index contributed by atoms with van der Waals surface area (Å²) >= 11 is 0. The highest BCUT2D eigenvalue weighted by atomic mass is 19.3. The van der Waals surface area contributed by atoms with Gasteiger partial charge in [0.05, 0.1) is 12.1 Å². The Balaban J connectivity index is 1.81. The molecule has 30 heavy (non-hydrogen) atoms. The van der Waals surface area contributed by atoms with E-state index in [1.165, 1.54) is 18.2 Å². The lowest BCUT2D eigenvalue weighted by Crippen LogP contribution is -2.35. The van der Waals surface area contributed by atoms with Crippen LogP contribution in [0.5, 0.6) is 5.75 Å². The molecule has 0 heterocycles. The van der Waals surface area contributed by atoms with E-state index in [0.29, 0.717) is 5.69 Å². The molecule has 0 saturated carbocycles. The number of esters is 1. The van der Waals surface area contributed by atoms with E-state index in [1.54, 1.807) is 0 Å². The molecular formula is C21H22F2N2O5. The van der Waals surface area contributed by atoms with Crippen molar-refractivity contribution in [1.29, 1.82) is 0 Å². The molecule has 2 amide bonds. The summed E-state index contributed by atoms with van der Waals surface area (Å²) in [4.78, 5) is 35.9. The molecule has 0 unspecified atom stereocenters. The number of benzene rings is 2. The van der Waals surface area contributed by atoms with E-state index < -0.39 is 31.0 Å². The average Bonchev–Trinajstić information content (AvgIpc) is 2.67. The Kier molecular flexibility index (Phi) is 7.85. The molecule has 0 spiro atoms. The van der Waals surface area contributed by atoms with E-state index in [9.17, 15) is 23.2 Å². The molecule has 0 aliphatic heterocycles. The lowest BCUT2D eigenvalue weighted by Gasteiger charge is -2.13. The summed E-state index contributed by atoms with van der Waals surface area (Å²) in [5, 5.41) is 5.08. The quantitative estimate of drug-likeness (QED) is 0.640. The first-order valence-electron chi connectivity index (χ1n) is 9.02. The Morgan fingerprint density at radius 3 is 2.30 bits per heavy atom. The van der Waals surface area contributed by atoms with Crippen LogP contribution >= 0.6 is 0 Å². The fourth-order valence-corrected chi connectivity index (χ4v) is 2.80. The van der Waals surface area contributed by atoms with Crippen LogP contribution in [-0.4, -0.2) is 37.5 Å². The van der Waals surface area contributed by atoms with Crippen molar-refractivity contribution in [1.82, 2.24) is 5.32 Å². The fourth-order valence-electron chi connectivity index (χ4n) is 2.80. The van der Waals surface area contributed by atoms with Gasteiger partial charge in [-0.25, -0.2) is 4.79 Å². The minimum absolute atomic E-state index is 0.0518. The summed E-state index contributed by atoms with van der Waals surface area (Å²) in [7, 11) is 0. The van der Waals surface area contributed by atoms with E-state index in [0.717, 1.165) is 22.8 Å². The highest BCUT2D eigenvalue weighted by Gasteiger charge is 2.14. The van der Waals surface area contributed by atoms with Crippen molar-refractivity contribution in [3.8, 4) is 5.75 Å². The number of hydrogen-bond donors (Lipinski definition) is 2. The maximum atomic E-state index is 12.2. The largest absolute Gasteiger partial charge is 0.452 e. The maximum Gasteiger partial charge on any atom is 0.387 e. The zero-order chi connectivity index (χ0) is 22.3. The highest BCUT2D eigenvalue weighted by molar-refractivity contribution is 5.96. The number of amides is 2. The number of carbonyl (C=O) groups is 3. The molecule has 0 aliphatic rings. The first kappa shape index (κ1) is 22.8. The molecule has 0 aromatic heterocycles. The Labute approximate surface area is 172 Å². The predicted octanol–water partition coefficient (Wildman–Crippen LogP) is 3.12. The van der Waals surface area contributed by atoms with Crippen LogP contribution in [0.3, 0.4) is 0 Å². The van der Waals surface area contributed by atoms with Crippen molar-refractivity contribution < 1.29 is 32.6 Å². The van der Waals surface area contributed by atoms with E-state index in [1.807, 2.05) is 32.9 Å². The average molecular weight is 420 g/mol. The minimum Gasteiger partial charge on any atom is -0.452 e. The van der Waals surface area contributed by atoms with Crippen LogP contribution in [0.25, 0.3) is 0 Å². The number of nitrogens with one attached hydrogen (secondary N) is 2. The van der Waals surface area contributed by atoms with Gasteiger partial charge in [0.15, 0.2) is 6.61 Å². The molecule has 7 nitrogen and oxygen atoms in total. The first-order valence-corrected chi connectivity index (χ1v) is 9.02. The molecule has 2 N–H and O–H groups in total. The van der Waals surface area contributed by atoms with Gasteiger partial charge in [-0.1, -0.05) is 23.8 Å². The number of ether oxygens (including phenoxy) is 2. The van der Waals surface area contributed by atoms with Crippen molar-refractivity contribution in [2.75, 3.05) is 18.5 Å². The lowest BCUT2D eigenvalue weighted by atomic mass is 10.1. The molecule has 0 radical (unpaired) electrons. The second kappa shape index (κ2) is 10.3. The topological polar surface area (TPSA) is 93.7 Å². The third kappa shape index (κ3) is 6.84. The Hall–Kier alpha value is -3.49. The van der Waals surface area contributed by atoms with Gasteiger partial charge in [-0.2, -0.15) is 8.78 Å². The van der Waals surface area contributed by atoms with Crippen molar-refractivity contribution in [3.05, 3.63) is 58.7 Å². The van der Waals surface area contributed by atoms with Crippen LogP contribution in [0, 0.1) is 20.8 Å². The summed E-state index contributed by atoms with van der Waals surface area (Å²) in [6.45, 7) is 1.73. The van der Waals surface area contributed by atoms with E-state index in [4.69, 9.17) is 4.74 Å². The molecular weight excluding hydrogens is 398 g/mol. The molecule has 2 aromatic carbocycles. The normalized spacial score (nSPS) is 10.5. The number of halogens is 2. The number of carbonyl (C=O) groups excluding carboxylic acids is 3. The van der Waals surface area contributed by atoms with Crippen molar-refractivity contribution in [2.24, 2.45) is 0 Å². The summed E-state index contributed by atoms with van der Waals surface area (Å²) in [6.07, 6.45) is 0. The summed E-state index contributed by atoms with van der Waals surface area (Å²) in [5.74, 6) is -2.21. The third-order valence-corrected chi connectivity index (χ3v) is 4.02. The van der Waals surface area contributed by atoms with Gasteiger partial charge in [-0.05, 0) is 50.1 Å². The van der Waals surface area contributed by atoms with Crippen LogP contribution in [0.4, 0.5) is 14.5 Å². The van der Waals surface area contributed by atoms with E-state index >= 15 is 0 Å². The number of alkyl halides is 2. The second-order valence-corrected chi connectivity index (χ2v) is 6.58. The first-order chi connectivity index (χ1) is 14.2. The molecule has 0 saturated heterocycles. The van der Waals surface area contributed by atoms with Crippen molar-refractivity contribution in [2.45, 2.75) is 27.4 Å². The molecule has 0 aliphatic carbocycles. The lowest BCUT2D eigenvalue weighted by molar-refractivity contribution is -0.126. The Morgan fingerprint density at radius 1 is 1.00 bits per heavy atom. The molecule has 0 bridgehead atoms. The van der Waals surface area contributed by atoms with Crippen molar-refractivity contribution >= 4 is 23.5 Å². The molecule has 2 rings (SSSR count). The number of anilines is 1. The summed E-state index contributed by atoms with van der Waals surface area (Å²) in [5.41, 5.74) is 3.50. The van der Waals surface area contributed by atoms with Crippen LogP contribution < -0.4 is 15.4 Å². The monoisotopic (exact) mass is 420 g/mol. The molecule has 0 fully saturated rings. The van der Waals surface area contributed by atoms with Gasteiger partial charge >= 0.3 is 12.6 Å². The fraction of sp³-hybridized carbons (Fsp3) is 0.286. The van der Waals surface area contributed by atoms with Gasteiger partial charge in [-0.15, -0.1) is 0 Å². The Bertz CT molecular complexity index is 924. The predicted molar refractivity (Wildman–Crippen MR) is 106 cm³/mol. The van der Waals surface area contributed by atoms with Crippen LogP contribution in [0.15, 0.2) is 36.4 Å². The molecule has 2 aromatic rings. The van der Waals surface area contributed by atoms with Gasteiger partial charge < -0.3 is 20.1 Å². The number of rotatable bonds is 8. The molecule has 160 valence electrons. The van der Waals surface area contributed by atoms with Gasteiger partial charge in [0.2, 0.25) is 5.91 Å². The zero-order valence-corrected chi connectivity index (χ0v) is 16.8. The van der Waals surface area contributed by atoms with Crippen LogP contribution in [-0.2, 0) is 14.3 Å². The Morgan fingerprint density at radius 2 is 1.67 bits per heavy atom. The zero-order valence-electron chi connectivity index (χ0n) is 16.8. The van der Waals surface area contributed by atoms with Gasteiger partial charge in [0.25, 0.3) is 5.91 Å². The SMILES string of the molecule is Cc1cc(C)c(NC(=O)CNC(=O)COC(=O)c2cccc(OC(F)F)c2)c(C)c1. The van der Waals surface area contributed by atoms with Gasteiger partial charge in [0, 0.05) is 5.69 Å². The number of hydrogen-bond acceptors (Lipinski definition) is 5. The number of aryl methyl sites for hydroxylation is 3. The van der Waals surface area contributed by atoms with Crippen molar-refractivity contribution in [3.63, 3.8) is 0 Å². The van der Waals surface area contributed by atoms with E-state index in [2.05, 4.69) is 15.4 Å². The summed E-state index contributed by atoms with van der Waals surface area (Å²) in [6, 6.07) is 8.87. The summed E-state index contributed by atoms with van der Waals surface area (Å²) < 4.78 is 33.5. The minimum atomic E-state index is -3.03. The van der Waals surface area contributed by atoms with Gasteiger partial charge in [0.1, 0.15) is 5.75 Å². The van der Waals surface area contributed by atoms with Crippen LogP contribution in [0.1, 0.15) is 27.0 Å². The van der Waals surface area contributed by atoms with Crippen LogP contribution in [0.2, 0.25) is 0 Å². The van der Waals surface area contributed by atoms with E-state index in [-0.39, 0.29) is 17.9 Å². The molecule has 0 atom stereocenters. The molecule has 9 heteroatoms. The standard InChI is InChI=1S/C21H22F2N2O5/c1-12-7-13(2)19(14(3)8-12)25-17(26)10-24-18(27)11-29-20(28)15-5-4-6-16(9-15)30-21(22)23/h4-9,21H,10-11H2,1-3H3,(H,24,27)(H,25,26). The maximum absolute atomic E-state index is 12.2. The van der Waals surface area contributed by atoms with Gasteiger partial charge in [-0.3, -0.25) is 9.59 Å². The second-order valence-electron chi connectivity index (χ2n) is 6.58. The third-order valence-electron chi connectivity index (χ3n) is 4.02. The smallest absolute Gasteiger partial charge is 0.387 e. The highest BCUT2D eigenvalue weighted by Crippen LogP contribution is 2.21.